The number of aromatic nitrogens is 5. The molecule has 3 aromatic heterocycles. The fraction of sp³-hybridized carbons (Fsp3) is 0.238. The molecule has 3 heterocycles. The minimum Gasteiger partial charge on any atom is -0.310 e. The van der Waals surface area contributed by atoms with Gasteiger partial charge in [0.15, 0.2) is 11.0 Å². The van der Waals surface area contributed by atoms with Crippen molar-refractivity contribution in [3.8, 4) is 16.4 Å². The Kier molecular flexibility index (Phi) is 6.01. The van der Waals surface area contributed by atoms with Crippen molar-refractivity contribution in [2.45, 2.75) is 32.5 Å². The Balaban J connectivity index is 1.46. The van der Waals surface area contributed by atoms with E-state index >= 15 is 0 Å². The number of thioether (sulfide) groups is 1. The predicted octanol–water partition coefficient (Wildman–Crippen LogP) is 4.56. The summed E-state index contributed by atoms with van der Waals surface area (Å²) in [5, 5.41) is 18.8. The molecule has 1 aromatic carbocycles. The highest BCUT2D eigenvalue weighted by Gasteiger charge is 2.16. The summed E-state index contributed by atoms with van der Waals surface area (Å²) in [5.74, 6) is 1.61. The van der Waals surface area contributed by atoms with Crippen LogP contribution in [0.5, 0.6) is 0 Å². The van der Waals surface area contributed by atoms with Crippen LogP contribution in [-0.4, -0.2) is 36.2 Å². The molecule has 0 radical (unpaired) electrons. The molecule has 154 valence electrons. The Labute approximate surface area is 183 Å². The van der Waals surface area contributed by atoms with Crippen molar-refractivity contribution >= 4 is 34.8 Å². The molecule has 1 N–H and O–H groups in total. The van der Waals surface area contributed by atoms with Crippen LogP contribution in [0.15, 0.2) is 53.0 Å². The molecule has 0 fully saturated rings. The average molecular weight is 439 g/mol. The van der Waals surface area contributed by atoms with Crippen LogP contribution in [-0.2, 0) is 11.3 Å². The first-order valence-electron chi connectivity index (χ1n) is 9.58. The van der Waals surface area contributed by atoms with Crippen molar-refractivity contribution in [1.29, 1.82) is 0 Å². The zero-order valence-corrected chi connectivity index (χ0v) is 18.6. The Morgan fingerprint density at radius 3 is 2.67 bits per heavy atom. The smallest absolute Gasteiger partial charge is 0.236 e. The maximum absolute atomic E-state index is 12.6. The third-order valence-electron chi connectivity index (χ3n) is 4.48. The van der Waals surface area contributed by atoms with Gasteiger partial charge in [-0.1, -0.05) is 35.5 Å². The molecule has 0 aliphatic carbocycles. The van der Waals surface area contributed by atoms with Crippen LogP contribution in [0.1, 0.15) is 18.2 Å². The molecule has 1 amide bonds. The summed E-state index contributed by atoms with van der Waals surface area (Å²) in [6, 6.07) is 13.9. The van der Waals surface area contributed by atoms with Gasteiger partial charge >= 0.3 is 0 Å². The summed E-state index contributed by atoms with van der Waals surface area (Å²) in [6.45, 7) is 6.74. The molecule has 4 aromatic rings. The lowest BCUT2D eigenvalue weighted by atomic mass is 10.2. The average Bonchev–Trinajstić information content (AvgIpc) is 3.46. The van der Waals surface area contributed by atoms with Crippen molar-refractivity contribution in [2.24, 2.45) is 0 Å². The first kappa shape index (κ1) is 20.4. The highest BCUT2D eigenvalue weighted by molar-refractivity contribution is 7.99. The summed E-state index contributed by atoms with van der Waals surface area (Å²) in [6.07, 6.45) is 0. The van der Waals surface area contributed by atoms with Crippen LogP contribution in [0, 0.1) is 13.8 Å². The lowest BCUT2D eigenvalue weighted by Crippen LogP contribution is -2.17. The van der Waals surface area contributed by atoms with Gasteiger partial charge < -0.3 is 9.88 Å². The van der Waals surface area contributed by atoms with Gasteiger partial charge in [-0.15, -0.1) is 21.5 Å². The van der Waals surface area contributed by atoms with Gasteiger partial charge in [-0.05, 0) is 44.4 Å². The van der Waals surface area contributed by atoms with Gasteiger partial charge in [-0.25, -0.2) is 4.68 Å². The SMILES string of the molecule is CCn1c(SCC(=O)Nc2cc(C)nn2-c2ccc(C)cc2)nnc1-c1cccs1. The number of carbonyl (C=O) groups excluding carboxylic acids is 1. The fourth-order valence-corrected chi connectivity index (χ4v) is 4.57. The maximum Gasteiger partial charge on any atom is 0.236 e. The number of amides is 1. The molecule has 0 bridgehead atoms. The first-order chi connectivity index (χ1) is 14.5. The standard InChI is InChI=1S/C21H22N6OS2/c1-4-26-20(17-6-5-11-29-17)23-24-21(26)30-13-19(28)22-18-12-15(3)25-27(18)16-9-7-14(2)8-10-16/h5-12H,4,13H2,1-3H3,(H,22,28). The number of nitrogens with zero attached hydrogens (tertiary/aromatic N) is 5. The Morgan fingerprint density at radius 2 is 1.97 bits per heavy atom. The summed E-state index contributed by atoms with van der Waals surface area (Å²) < 4.78 is 3.78. The lowest BCUT2D eigenvalue weighted by Gasteiger charge is -2.09. The van der Waals surface area contributed by atoms with E-state index in [0.29, 0.717) is 5.82 Å². The highest BCUT2D eigenvalue weighted by Crippen LogP contribution is 2.27. The second-order valence-electron chi connectivity index (χ2n) is 6.78. The normalized spacial score (nSPS) is 11.0. The number of anilines is 1. The zero-order valence-electron chi connectivity index (χ0n) is 17.0. The molecule has 4 rings (SSSR count). The number of thiophene rings is 1. The van der Waals surface area contributed by atoms with Crippen molar-refractivity contribution in [1.82, 2.24) is 24.5 Å². The third-order valence-corrected chi connectivity index (χ3v) is 6.32. The number of hydrogen-bond donors (Lipinski definition) is 1. The number of hydrogen-bond acceptors (Lipinski definition) is 6. The number of aryl methyl sites for hydroxylation is 2. The van der Waals surface area contributed by atoms with Crippen molar-refractivity contribution in [3.05, 3.63) is 59.1 Å². The van der Waals surface area contributed by atoms with E-state index in [2.05, 4.69) is 20.6 Å². The van der Waals surface area contributed by atoms with Crippen molar-refractivity contribution in [2.75, 3.05) is 11.1 Å². The van der Waals surface area contributed by atoms with E-state index in [1.807, 2.05) is 73.2 Å². The molecule has 0 aliphatic rings. The molecule has 0 saturated heterocycles. The molecular formula is C21H22N6OS2. The number of rotatable bonds is 7. The molecular weight excluding hydrogens is 416 g/mol. The van der Waals surface area contributed by atoms with E-state index in [1.54, 1.807) is 16.0 Å². The van der Waals surface area contributed by atoms with Crippen molar-refractivity contribution in [3.63, 3.8) is 0 Å². The van der Waals surface area contributed by atoms with Crippen LogP contribution < -0.4 is 5.32 Å². The van der Waals surface area contributed by atoms with Gasteiger partial charge in [-0.2, -0.15) is 5.10 Å². The zero-order chi connectivity index (χ0) is 21.1. The van der Waals surface area contributed by atoms with E-state index in [4.69, 9.17) is 0 Å². The van der Waals surface area contributed by atoms with E-state index < -0.39 is 0 Å². The van der Waals surface area contributed by atoms with Crippen LogP contribution in [0.3, 0.4) is 0 Å². The molecule has 0 unspecified atom stereocenters. The van der Waals surface area contributed by atoms with Gasteiger partial charge in [0.1, 0.15) is 5.82 Å². The Bertz CT molecular complexity index is 1150. The third kappa shape index (κ3) is 4.31. The molecule has 0 saturated carbocycles. The predicted molar refractivity (Wildman–Crippen MR) is 121 cm³/mol. The summed E-state index contributed by atoms with van der Waals surface area (Å²) in [4.78, 5) is 13.7. The molecule has 9 heteroatoms. The van der Waals surface area contributed by atoms with Crippen molar-refractivity contribution < 1.29 is 4.79 Å². The molecule has 30 heavy (non-hydrogen) atoms. The molecule has 0 atom stereocenters. The largest absolute Gasteiger partial charge is 0.310 e. The molecule has 0 spiro atoms. The van der Waals surface area contributed by atoms with Gasteiger partial charge in [-0.3, -0.25) is 4.79 Å². The fourth-order valence-electron chi connectivity index (χ4n) is 3.05. The van der Waals surface area contributed by atoms with E-state index in [1.165, 1.54) is 17.3 Å². The van der Waals surface area contributed by atoms with Crippen LogP contribution in [0.25, 0.3) is 16.4 Å². The monoisotopic (exact) mass is 438 g/mol. The Morgan fingerprint density at radius 1 is 1.17 bits per heavy atom. The van der Waals surface area contributed by atoms with Gasteiger partial charge in [0, 0.05) is 12.6 Å². The minimum atomic E-state index is -0.114. The Hall–Kier alpha value is -2.91. The topological polar surface area (TPSA) is 77.6 Å². The summed E-state index contributed by atoms with van der Waals surface area (Å²) in [7, 11) is 0. The number of nitrogens with one attached hydrogen (secondary N) is 1. The molecule has 0 aliphatic heterocycles. The highest BCUT2D eigenvalue weighted by atomic mass is 32.2. The van der Waals surface area contributed by atoms with Gasteiger partial charge in [0.05, 0.1) is 22.0 Å². The van der Waals surface area contributed by atoms with E-state index in [0.717, 1.165) is 33.8 Å². The first-order valence-corrected chi connectivity index (χ1v) is 11.4. The van der Waals surface area contributed by atoms with Gasteiger partial charge in [0.2, 0.25) is 5.91 Å². The van der Waals surface area contributed by atoms with Gasteiger partial charge in [0.25, 0.3) is 0 Å². The quantitative estimate of drug-likeness (QED) is 0.428. The number of carbonyl (C=O) groups is 1. The molecule has 7 nitrogen and oxygen atoms in total. The van der Waals surface area contributed by atoms with Crippen LogP contribution in [0.4, 0.5) is 5.82 Å². The van der Waals surface area contributed by atoms with Crippen LogP contribution in [0.2, 0.25) is 0 Å². The second-order valence-corrected chi connectivity index (χ2v) is 8.67. The lowest BCUT2D eigenvalue weighted by molar-refractivity contribution is -0.113. The number of benzene rings is 1. The maximum atomic E-state index is 12.6. The summed E-state index contributed by atoms with van der Waals surface area (Å²) >= 11 is 3.01. The van der Waals surface area contributed by atoms with Crippen LogP contribution >= 0.6 is 23.1 Å². The minimum absolute atomic E-state index is 0.114. The van der Waals surface area contributed by atoms with E-state index in [9.17, 15) is 4.79 Å². The van der Waals surface area contributed by atoms with E-state index in [-0.39, 0.29) is 11.7 Å². The second kappa shape index (κ2) is 8.85. The summed E-state index contributed by atoms with van der Waals surface area (Å²) in [5.41, 5.74) is 2.92.